The van der Waals surface area contributed by atoms with Gasteiger partial charge in [0.25, 0.3) is 0 Å². The zero-order chi connectivity index (χ0) is 12.3. The highest BCUT2D eigenvalue weighted by molar-refractivity contribution is 5.17. The third-order valence-corrected chi connectivity index (χ3v) is 3.87. The van der Waals surface area contributed by atoms with Crippen molar-refractivity contribution in [3.05, 3.63) is 35.9 Å². The molecule has 1 saturated heterocycles. The number of hydrogen-bond acceptors (Lipinski definition) is 2. The molecule has 0 amide bonds. The fraction of sp³-hybridized carbons (Fsp3) is 0.600. The summed E-state index contributed by atoms with van der Waals surface area (Å²) in [6.07, 6.45) is 0.932. The van der Waals surface area contributed by atoms with Gasteiger partial charge in [-0.25, -0.2) is 0 Å². The number of aliphatic hydroxyl groups excluding tert-OH is 1. The van der Waals surface area contributed by atoms with E-state index in [-0.39, 0.29) is 6.10 Å². The largest absolute Gasteiger partial charge is 0.387 e. The molecule has 1 aliphatic heterocycles. The van der Waals surface area contributed by atoms with Crippen LogP contribution in [0.1, 0.15) is 31.9 Å². The predicted octanol–water partition coefficient (Wildman–Crippen LogP) is 2.70. The van der Waals surface area contributed by atoms with E-state index in [0.717, 1.165) is 37.0 Å². The van der Waals surface area contributed by atoms with Crippen molar-refractivity contribution in [2.24, 2.45) is 11.8 Å². The van der Waals surface area contributed by atoms with E-state index < -0.39 is 0 Å². The van der Waals surface area contributed by atoms with Gasteiger partial charge in [-0.05, 0) is 30.4 Å². The van der Waals surface area contributed by atoms with Crippen molar-refractivity contribution in [2.75, 3.05) is 19.6 Å². The van der Waals surface area contributed by atoms with Gasteiger partial charge in [0.1, 0.15) is 0 Å². The summed E-state index contributed by atoms with van der Waals surface area (Å²) in [5.41, 5.74) is 1.03. The lowest BCUT2D eigenvalue weighted by molar-refractivity contribution is 0.123. The fourth-order valence-corrected chi connectivity index (χ4v) is 2.60. The Morgan fingerprint density at radius 3 is 2.59 bits per heavy atom. The summed E-state index contributed by atoms with van der Waals surface area (Å²) in [6, 6.07) is 9.96. The van der Waals surface area contributed by atoms with Crippen LogP contribution in [-0.4, -0.2) is 29.6 Å². The van der Waals surface area contributed by atoms with Crippen LogP contribution in [0.25, 0.3) is 0 Å². The number of likely N-dealkylation sites (tertiary alicyclic amines) is 1. The Kier molecular flexibility index (Phi) is 4.19. The number of rotatable bonds is 4. The third kappa shape index (κ3) is 3.30. The van der Waals surface area contributed by atoms with Crippen LogP contribution in [0.5, 0.6) is 0 Å². The van der Waals surface area contributed by atoms with Crippen molar-refractivity contribution < 1.29 is 5.11 Å². The lowest BCUT2D eigenvalue weighted by Gasteiger charge is -2.21. The van der Waals surface area contributed by atoms with Gasteiger partial charge in [0.2, 0.25) is 0 Å². The van der Waals surface area contributed by atoms with E-state index >= 15 is 0 Å². The predicted molar refractivity (Wildman–Crippen MR) is 70.8 cm³/mol. The van der Waals surface area contributed by atoms with Gasteiger partial charge in [0.05, 0.1) is 6.10 Å². The summed E-state index contributed by atoms with van der Waals surface area (Å²) in [7, 11) is 0. The first-order chi connectivity index (χ1) is 8.16. The molecule has 2 rings (SSSR count). The maximum Gasteiger partial charge on any atom is 0.0916 e. The van der Waals surface area contributed by atoms with Gasteiger partial charge in [-0.1, -0.05) is 44.2 Å². The molecule has 0 radical (unpaired) electrons. The lowest BCUT2D eigenvalue weighted by Crippen LogP contribution is -2.27. The Bertz CT molecular complexity index is 336. The Hall–Kier alpha value is -0.860. The molecule has 0 aliphatic carbocycles. The Morgan fingerprint density at radius 1 is 1.29 bits per heavy atom. The van der Waals surface area contributed by atoms with Gasteiger partial charge in [0.15, 0.2) is 0 Å². The minimum absolute atomic E-state index is 0.345. The van der Waals surface area contributed by atoms with E-state index in [2.05, 4.69) is 18.7 Å². The summed E-state index contributed by atoms with van der Waals surface area (Å²) in [5.74, 6) is 1.56. The maximum atomic E-state index is 10.2. The minimum Gasteiger partial charge on any atom is -0.387 e. The molecule has 2 atom stereocenters. The van der Waals surface area contributed by atoms with E-state index in [0.29, 0.717) is 0 Å². The van der Waals surface area contributed by atoms with Crippen LogP contribution in [0, 0.1) is 11.8 Å². The summed E-state index contributed by atoms with van der Waals surface area (Å²) in [6.45, 7) is 7.63. The number of nitrogens with zero attached hydrogens (tertiary/aromatic N) is 1. The van der Waals surface area contributed by atoms with Gasteiger partial charge in [-0.3, -0.25) is 0 Å². The van der Waals surface area contributed by atoms with Gasteiger partial charge in [-0.15, -0.1) is 0 Å². The molecule has 2 heteroatoms. The zero-order valence-corrected chi connectivity index (χ0v) is 10.8. The zero-order valence-electron chi connectivity index (χ0n) is 10.8. The van der Waals surface area contributed by atoms with Crippen molar-refractivity contribution in [1.29, 1.82) is 0 Å². The molecule has 0 saturated carbocycles. The van der Waals surface area contributed by atoms with Gasteiger partial charge in [0, 0.05) is 13.1 Å². The quantitative estimate of drug-likeness (QED) is 0.864. The number of hydrogen-bond donors (Lipinski definition) is 1. The van der Waals surface area contributed by atoms with E-state index in [1.807, 2.05) is 30.3 Å². The third-order valence-electron chi connectivity index (χ3n) is 3.87. The summed E-state index contributed by atoms with van der Waals surface area (Å²) in [4.78, 5) is 2.39. The molecule has 1 aliphatic rings. The fourth-order valence-electron chi connectivity index (χ4n) is 2.60. The molecule has 0 spiro atoms. The normalized spacial score (nSPS) is 23.2. The summed E-state index contributed by atoms with van der Waals surface area (Å²) < 4.78 is 0. The van der Waals surface area contributed by atoms with Gasteiger partial charge < -0.3 is 10.0 Å². The molecule has 0 bridgehead atoms. The van der Waals surface area contributed by atoms with Gasteiger partial charge in [-0.2, -0.15) is 0 Å². The SMILES string of the molecule is CC(C)C1CCN(CC(O)c2ccccc2)C1. The highest BCUT2D eigenvalue weighted by Gasteiger charge is 2.26. The molecular weight excluding hydrogens is 210 g/mol. The topological polar surface area (TPSA) is 23.5 Å². The Morgan fingerprint density at radius 2 is 2.00 bits per heavy atom. The van der Waals surface area contributed by atoms with Crippen molar-refractivity contribution in [2.45, 2.75) is 26.4 Å². The second-order valence-corrected chi connectivity index (χ2v) is 5.48. The van der Waals surface area contributed by atoms with Crippen LogP contribution < -0.4 is 0 Å². The van der Waals surface area contributed by atoms with Crippen LogP contribution in [0.3, 0.4) is 0 Å². The Balaban J connectivity index is 1.86. The molecule has 1 fully saturated rings. The van der Waals surface area contributed by atoms with E-state index in [9.17, 15) is 5.11 Å². The van der Waals surface area contributed by atoms with E-state index in [4.69, 9.17) is 0 Å². The van der Waals surface area contributed by atoms with Crippen LogP contribution in [-0.2, 0) is 0 Å². The summed E-state index contributed by atoms with van der Waals surface area (Å²) >= 11 is 0. The molecule has 94 valence electrons. The molecule has 2 nitrogen and oxygen atoms in total. The van der Waals surface area contributed by atoms with Crippen molar-refractivity contribution in [1.82, 2.24) is 4.90 Å². The smallest absolute Gasteiger partial charge is 0.0916 e. The van der Waals surface area contributed by atoms with Crippen LogP contribution in [0.15, 0.2) is 30.3 Å². The second kappa shape index (κ2) is 5.65. The maximum absolute atomic E-state index is 10.2. The average molecular weight is 233 g/mol. The van der Waals surface area contributed by atoms with Crippen LogP contribution in [0.2, 0.25) is 0 Å². The lowest BCUT2D eigenvalue weighted by atomic mass is 9.95. The second-order valence-electron chi connectivity index (χ2n) is 5.48. The molecule has 0 aromatic heterocycles. The molecule has 1 aromatic rings. The Labute approximate surface area is 104 Å². The molecule has 2 unspecified atom stereocenters. The highest BCUT2D eigenvalue weighted by atomic mass is 16.3. The van der Waals surface area contributed by atoms with Crippen LogP contribution in [0.4, 0.5) is 0 Å². The van der Waals surface area contributed by atoms with E-state index in [1.165, 1.54) is 6.42 Å². The number of benzene rings is 1. The monoisotopic (exact) mass is 233 g/mol. The molecule has 1 heterocycles. The molecule has 1 N–H and O–H groups in total. The van der Waals surface area contributed by atoms with Gasteiger partial charge >= 0.3 is 0 Å². The number of aliphatic hydroxyl groups is 1. The average Bonchev–Trinajstić information content (AvgIpc) is 2.79. The first kappa shape index (κ1) is 12.6. The first-order valence-corrected chi connectivity index (χ1v) is 6.62. The number of β-amino-alcohol motifs (C(OH)–C–C–N with tert-alkyl or cyclic N) is 1. The molecule has 1 aromatic carbocycles. The van der Waals surface area contributed by atoms with E-state index in [1.54, 1.807) is 0 Å². The van der Waals surface area contributed by atoms with Crippen molar-refractivity contribution in [3.8, 4) is 0 Å². The highest BCUT2D eigenvalue weighted by Crippen LogP contribution is 2.25. The van der Waals surface area contributed by atoms with Crippen LogP contribution >= 0.6 is 0 Å². The minimum atomic E-state index is -0.345. The standard InChI is InChI=1S/C15H23NO/c1-12(2)14-8-9-16(10-14)11-15(17)13-6-4-3-5-7-13/h3-7,12,14-15,17H,8-11H2,1-2H3. The molecular formula is C15H23NO. The van der Waals surface area contributed by atoms with Crippen molar-refractivity contribution in [3.63, 3.8) is 0 Å². The van der Waals surface area contributed by atoms with Crippen molar-refractivity contribution >= 4 is 0 Å². The molecule has 17 heavy (non-hydrogen) atoms. The first-order valence-electron chi connectivity index (χ1n) is 6.62. The summed E-state index contributed by atoms with van der Waals surface area (Å²) in [5, 5.41) is 10.2.